The predicted molar refractivity (Wildman–Crippen MR) is 133 cm³/mol. The second kappa shape index (κ2) is 9.13. The van der Waals surface area contributed by atoms with Crippen LogP contribution in [0.25, 0.3) is 33.4 Å². The molecule has 0 aliphatic carbocycles. The average molecular weight is 434 g/mol. The second-order valence-corrected chi connectivity index (χ2v) is 7.85. The van der Waals surface area contributed by atoms with Crippen LogP contribution in [0.15, 0.2) is 109 Å². The van der Waals surface area contributed by atoms with E-state index in [0.717, 1.165) is 27.9 Å². The number of hydrogen-bond acceptors (Lipinski definition) is 2. The van der Waals surface area contributed by atoms with E-state index in [2.05, 4.69) is 71.1 Å². The molecule has 4 heteroatoms. The molecule has 1 aromatic heterocycles. The molecule has 5 aromatic rings. The molecule has 0 saturated carbocycles. The Bertz CT molecular complexity index is 1420. The minimum absolute atomic E-state index is 0.257. The molecule has 5 rings (SSSR count). The van der Waals surface area contributed by atoms with Crippen molar-refractivity contribution >= 4 is 16.6 Å². The van der Waals surface area contributed by atoms with Gasteiger partial charge in [-0.05, 0) is 53.9 Å². The van der Waals surface area contributed by atoms with Gasteiger partial charge in [0.15, 0.2) is 0 Å². The topological polar surface area (TPSA) is 29.9 Å². The van der Waals surface area contributed by atoms with Crippen molar-refractivity contribution in [3.05, 3.63) is 126 Å². The molecule has 0 radical (unpaired) electrons. The highest BCUT2D eigenvalue weighted by Gasteiger charge is 2.12. The van der Waals surface area contributed by atoms with Crippen LogP contribution in [0.4, 0.5) is 4.39 Å². The Morgan fingerprint density at radius 3 is 2.42 bits per heavy atom. The molecule has 0 aliphatic rings. The Morgan fingerprint density at radius 2 is 1.64 bits per heavy atom. The SMILES string of the molecule is C/C=C(\NCc1ccccc1-c1ccccc1)c1cccc2c1cnn2-c1ccc(F)cc1. The average Bonchev–Trinajstić information content (AvgIpc) is 3.30. The molecule has 162 valence electrons. The quantitative estimate of drug-likeness (QED) is 0.313. The van der Waals surface area contributed by atoms with Crippen LogP contribution in [-0.4, -0.2) is 9.78 Å². The van der Waals surface area contributed by atoms with Gasteiger partial charge >= 0.3 is 0 Å². The number of nitrogens with one attached hydrogen (secondary N) is 1. The van der Waals surface area contributed by atoms with Gasteiger partial charge in [0.2, 0.25) is 0 Å². The first-order valence-corrected chi connectivity index (χ1v) is 11.0. The van der Waals surface area contributed by atoms with Gasteiger partial charge in [-0.25, -0.2) is 9.07 Å². The maximum Gasteiger partial charge on any atom is 0.123 e. The number of allylic oxidation sites excluding steroid dienone is 1. The zero-order chi connectivity index (χ0) is 22.6. The van der Waals surface area contributed by atoms with Gasteiger partial charge < -0.3 is 5.32 Å². The molecule has 0 amide bonds. The highest BCUT2D eigenvalue weighted by atomic mass is 19.1. The normalized spacial score (nSPS) is 11.6. The Hall–Kier alpha value is -4.18. The Labute approximate surface area is 192 Å². The first-order chi connectivity index (χ1) is 16.2. The van der Waals surface area contributed by atoms with Crippen molar-refractivity contribution in [2.75, 3.05) is 0 Å². The summed E-state index contributed by atoms with van der Waals surface area (Å²) in [5, 5.41) is 9.26. The minimum atomic E-state index is -0.257. The fourth-order valence-corrected chi connectivity index (χ4v) is 4.19. The van der Waals surface area contributed by atoms with E-state index in [1.54, 1.807) is 12.1 Å². The highest BCUT2D eigenvalue weighted by molar-refractivity contribution is 5.92. The molecule has 4 aromatic carbocycles. The lowest BCUT2D eigenvalue weighted by atomic mass is 9.99. The Kier molecular flexibility index (Phi) is 5.73. The summed E-state index contributed by atoms with van der Waals surface area (Å²) in [6.45, 7) is 2.74. The summed E-state index contributed by atoms with van der Waals surface area (Å²) < 4.78 is 15.2. The van der Waals surface area contributed by atoms with Crippen molar-refractivity contribution < 1.29 is 4.39 Å². The molecule has 0 aliphatic heterocycles. The van der Waals surface area contributed by atoms with E-state index in [9.17, 15) is 4.39 Å². The standard InChI is InChI=1S/C29H24FN3/c1-2-28(31-19-22-11-6-7-12-25(22)21-9-4-3-5-10-21)26-13-8-14-29-27(26)20-32-33(29)24-17-15-23(30)16-18-24/h2-18,20,31H,19H2,1H3/b28-2-. The Balaban J connectivity index is 1.45. The molecule has 0 atom stereocenters. The van der Waals surface area contributed by atoms with Crippen molar-refractivity contribution in [1.29, 1.82) is 0 Å². The highest BCUT2D eigenvalue weighted by Crippen LogP contribution is 2.28. The van der Waals surface area contributed by atoms with E-state index < -0.39 is 0 Å². The number of hydrogen-bond donors (Lipinski definition) is 1. The van der Waals surface area contributed by atoms with Crippen LogP contribution in [0.1, 0.15) is 18.1 Å². The summed E-state index contributed by atoms with van der Waals surface area (Å²) in [5.74, 6) is -0.257. The molecule has 0 bridgehead atoms. The number of nitrogens with zero attached hydrogens (tertiary/aromatic N) is 2. The minimum Gasteiger partial charge on any atom is -0.381 e. The Morgan fingerprint density at radius 1 is 0.879 bits per heavy atom. The zero-order valence-corrected chi connectivity index (χ0v) is 18.4. The lowest BCUT2D eigenvalue weighted by Crippen LogP contribution is -2.12. The van der Waals surface area contributed by atoms with Gasteiger partial charge in [-0.15, -0.1) is 0 Å². The monoisotopic (exact) mass is 433 g/mol. The smallest absolute Gasteiger partial charge is 0.123 e. The second-order valence-electron chi connectivity index (χ2n) is 7.85. The van der Waals surface area contributed by atoms with E-state index in [-0.39, 0.29) is 5.82 Å². The number of benzene rings is 4. The number of aromatic nitrogens is 2. The third-order valence-electron chi connectivity index (χ3n) is 5.84. The van der Waals surface area contributed by atoms with Crippen LogP contribution in [-0.2, 0) is 6.54 Å². The van der Waals surface area contributed by atoms with E-state index >= 15 is 0 Å². The van der Waals surface area contributed by atoms with Crippen molar-refractivity contribution in [3.63, 3.8) is 0 Å². The van der Waals surface area contributed by atoms with Gasteiger partial charge in [-0.2, -0.15) is 5.10 Å². The first kappa shape index (κ1) is 20.7. The lowest BCUT2D eigenvalue weighted by Gasteiger charge is -2.15. The van der Waals surface area contributed by atoms with Gasteiger partial charge in [0.05, 0.1) is 17.4 Å². The molecular weight excluding hydrogens is 409 g/mol. The summed E-state index contributed by atoms with van der Waals surface area (Å²) in [5.41, 5.74) is 7.60. The first-order valence-electron chi connectivity index (χ1n) is 11.0. The number of halogens is 1. The fraction of sp³-hybridized carbons (Fsp3) is 0.0690. The van der Waals surface area contributed by atoms with Crippen molar-refractivity contribution in [2.24, 2.45) is 0 Å². The van der Waals surface area contributed by atoms with Gasteiger partial charge in [-0.3, -0.25) is 0 Å². The third-order valence-corrected chi connectivity index (χ3v) is 5.84. The van der Waals surface area contributed by atoms with Crippen LogP contribution in [0.3, 0.4) is 0 Å². The summed E-state index contributed by atoms with van der Waals surface area (Å²) >= 11 is 0. The number of rotatable bonds is 6. The van der Waals surface area contributed by atoms with Gasteiger partial charge in [0.1, 0.15) is 5.82 Å². The van der Waals surface area contributed by atoms with E-state index in [1.807, 2.05) is 36.0 Å². The van der Waals surface area contributed by atoms with Crippen molar-refractivity contribution in [1.82, 2.24) is 15.1 Å². The fourth-order valence-electron chi connectivity index (χ4n) is 4.19. The van der Waals surface area contributed by atoms with Gasteiger partial charge in [0, 0.05) is 23.2 Å². The van der Waals surface area contributed by atoms with E-state index in [1.165, 1.54) is 28.8 Å². The molecule has 1 N–H and O–H groups in total. The molecule has 0 saturated heterocycles. The maximum absolute atomic E-state index is 13.4. The van der Waals surface area contributed by atoms with Crippen LogP contribution in [0, 0.1) is 5.82 Å². The largest absolute Gasteiger partial charge is 0.381 e. The number of fused-ring (bicyclic) bond motifs is 1. The van der Waals surface area contributed by atoms with Crippen LogP contribution in [0.5, 0.6) is 0 Å². The predicted octanol–water partition coefficient (Wildman–Crippen LogP) is 6.98. The summed E-state index contributed by atoms with van der Waals surface area (Å²) in [4.78, 5) is 0. The summed E-state index contributed by atoms with van der Waals surface area (Å²) in [7, 11) is 0. The van der Waals surface area contributed by atoms with Crippen molar-refractivity contribution in [3.8, 4) is 16.8 Å². The van der Waals surface area contributed by atoms with Crippen molar-refractivity contribution in [2.45, 2.75) is 13.5 Å². The van der Waals surface area contributed by atoms with Gasteiger partial charge in [0.25, 0.3) is 0 Å². The van der Waals surface area contributed by atoms with E-state index in [4.69, 9.17) is 0 Å². The van der Waals surface area contributed by atoms with Crippen LogP contribution in [0.2, 0.25) is 0 Å². The summed E-state index contributed by atoms with van der Waals surface area (Å²) in [6, 6.07) is 31.5. The molecule has 0 spiro atoms. The molecule has 3 nitrogen and oxygen atoms in total. The molecular formula is C29H24FN3. The lowest BCUT2D eigenvalue weighted by molar-refractivity contribution is 0.627. The van der Waals surface area contributed by atoms with E-state index in [0.29, 0.717) is 6.54 Å². The zero-order valence-electron chi connectivity index (χ0n) is 18.4. The molecule has 0 unspecified atom stereocenters. The van der Waals surface area contributed by atoms with Crippen LogP contribution < -0.4 is 5.32 Å². The summed E-state index contributed by atoms with van der Waals surface area (Å²) in [6.07, 6.45) is 3.96. The third kappa shape index (κ3) is 4.15. The van der Waals surface area contributed by atoms with Gasteiger partial charge in [-0.1, -0.05) is 72.8 Å². The molecule has 0 fully saturated rings. The molecule has 33 heavy (non-hydrogen) atoms. The molecule has 1 heterocycles. The van der Waals surface area contributed by atoms with Crippen LogP contribution >= 0.6 is 0 Å². The maximum atomic E-state index is 13.4.